The number of hydrogen-bond acceptors (Lipinski definition) is 2. The van der Waals surface area contributed by atoms with E-state index in [1.165, 1.54) is 0 Å². The van der Waals surface area contributed by atoms with Crippen LogP contribution in [-0.2, 0) is 0 Å². The highest BCUT2D eigenvalue weighted by molar-refractivity contribution is 6.31. The molecule has 0 radical (unpaired) electrons. The monoisotopic (exact) mass is 236 g/mol. The van der Waals surface area contributed by atoms with Crippen molar-refractivity contribution in [3.05, 3.63) is 28.8 Å². The van der Waals surface area contributed by atoms with E-state index in [0.29, 0.717) is 11.6 Å². The molecule has 0 aliphatic heterocycles. The second kappa shape index (κ2) is 5.79. The summed E-state index contributed by atoms with van der Waals surface area (Å²) in [7, 11) is 0. The average molecular weight is 237 g/mol. The highest BCUT2D eigenvalue weighted by Gasteiger charge is 2.08. The van der Waals surface area contributed by atoms with Gasteiger partial charge in [0, 0.05) is 23.3 Å². The van der Waals surface area contributed by atoms with Crippen LogP contribution in [0, 0.1) is 12.3 Å². The molecular formula is C13H17ClN2. The molecule has 0 amide bonds. The first-order chi connectivity index (χ1) is 7.60. The summed E-state index contributed by atoms with van der Waals surface area (Å²) in [5.74, 6) is 2.63. The lowest BCUT2D eigenvalue weighted by Gasteiger charge is -2.21. The molecule has 1 unspecified atom stereocenters. The summed E-state index contributed by atoms with van der Waals surface area (Å²) in [4.78, 5) is 2.08. The number of hydrogen-bond donors (Lipinski definition) is 1. The van der Waals surface area contributed by atoms with Gasteiger partial charge in [0.05, 0.1) is 6.54 Å². The van der Waals surface area contributed by atoms with Crippen molar-refractivity contribution >= 4 is 17.3 Å². The zero-order valence-corrected chi connectivity index (χ0v) is 10.5. The molecule has 1 aromatic rings. The van der Waals surface area contributed by atoms with Crippen molar-refractivity contribution in [3.8, 4) is 12.3 Å². The second-order valence-corrected chi connectivity index (χ2v) is 4.12. The van der Waals surface area contributed by atoms with Gasteiger partial charge in [0.1, 0.15) is 0 Å². The first-order valence-corrected chi connectivity index (χ1v) is 5.71. The Hall–Kier alpha value is -1.17. The van der Waals surface area contributed by atoms with E-state index in [1.54, 1.807) is 0 Å². The number of rotatable bonds is 4. The molecule has 3 heteroatoms. The van der Waals surface area contributed by atoms with Crippen LogP contribution in [0.2, 0.25) is 5.02 Å². The zero-order valence-electron chi connectivity index (χ0n) is 9.70. The van der Waals surface area contributed by atoms with Gasteiger partial charge < -0.3 is 10.6 Å². The minimum absolute atomic E-state index is 0.0516. The molecule has 0 aromatic heterocycles. The van der Waals surface area contributed by atoms with Crippen LogP contribution in [0.25, 0.3) is 0 Å². The van der Waals surface area contributed by atoms with Crippen LogP contribution in [0.1, 0.15) is 25.5 Å². The van der Waals surface area contributed by atoms with Crippen molar-refractivity contribution in [1.29, 1.82) is 0 Å². The van der Waals surface area contributed by atoms with Gasteiger partial charge in [-0.15, -0.1) is 6.42 Å². The Morgan fingerprint density at radius 3 is 2.69 bits per heavy atom. The maximum Gasteiger partial charge on any atom is 0.0791 e. The Morgan fingerprint density at radius 1 is 1.56 bits per heavy atom. The van der Waals surface area contributed by atoms with E-state index in [-0.39, 0.29) is 6.04 Å². The third-order valence-electron chi connectivity index (χ3n) is 2.50. The third kappa shape index (κ3) is 2.91. The second-order valence-electron chi connectivity index (χ2n) is 3.71. The number of anilines is 1. The number of nitrogens with zero attached hydrogens (tertiary/aromatic N) is 1. The topological polar surface area (TPSA) is 29.3 Å². The summed E-state index contributed by atoms with van der Waals surface area (Å²) in [5.41, 5.74) is 7.80. The molecule has 16 heavy (non-hydrogen) atoms. The first-order valence-electron chi connectivity index (χ1n) is 5.33. The van der Waals surface area contributed by atoms with Gasteiger partial charge in [-0.2, -0.15) is 0 Å². The Labute approximate surface area is 102 Å². The third-order valence-corrected chi connectivity index (χ3v) is 2.83. The van der Waals surface area contributed by atoms with Gasteiger partial charge in [-0.05, 0) is 31.5 Å². The molecule has 0 spiro atoms. The van der Waals surface area contributed by atoms with E-state index in [9.17, 15) is 0 Å². The van der Waals surface area contributed by atoms with Crippen molar-refractivity contribution in [2.24, 2.45) is 5.73 Å². The van der Waals surface area contributed by atoms with E-state index in [0.717, 1.165) is 17.8 Å². The van der Waals surface area contributed by atoms with Gasteiger partial charge in [0.15, 0.2) is 0 Å². The molecule has 0 heterocycles. The Kier molecular flexibility index (Phi) is 4.67. The predicted octanol–water partition coefficient (Wildman–Crippen LogP) is 2.82. The lowest BCUT2D eigenvalue weighted by molar-refractivity contribution is 0.817. The van der Waals surface area contributed by atoms with Gasteiger partial charge in [-0.3, -0.25) is 0 Å². The standard InChI is InChI=1S/C13H17ClN2/c1-4-8-16(5-2)11-6-7-12(10(3)15)13(14)9-11/h1,6-7,9-10H,5,8,15H2,2-3H3. The summed E-state index contributed by atoms with van der Waals surface area (Å²) < 4.78 is 0. The van der Waals surface area contributed by atoms with Gasteiger partial charge in [-0.25, -0.2) is 0 Å². The molecule has 86 valence electrons. The molecule has 0 bridgehead atoms. The highest BCUT2D eigenvalue weighted by Crippen LogP contribution is 2.26. The smallest absolute Gasteiger partial charge is 0.0791 e. The van der Waals surface area contributed by atoms with Crippen LogP contribution in [0.15, 0.2) is 18.2 Å². The molecule has 0 fully saturated rings. The van der Waals surface area contributed by atoms with E-state index in [2.05, 4.69) is 17.7 Å². The first kappa shape index (κ1) is 12.9. The fourth-order valence-corrected chi connectivity index (χ4v) is 1.92. The van der Waals surface area contributed by atoms with Gasteiger partial charge in [0.25, 0.3) is 0 Å². The van der Waals surface area contributed by atoms with Crippen LogP contribution in [0.3, 0.4) is 0 Å². The summed E-state index contributed by atoms with van der Waals surface area (Å²) >= 11 is 6.17. The molecule has 2 N–H and O–H groups in total. The largest absolute Gasteiger partial charge is 0.361 e. The van der Waals surface area contributed by atoms with Crippen LogP contribution in [-0.4, -0.2) is 13.1 Å². The van der Waals surface area contributed by atoms with Crippen molar-refractivity contribution in [2.75, 3.05) is 18.0 Å². The maximum atomic E-state index is 6.17. The minimum Gasteiger partial charge on any atom is -0.361 e. The molecule has 1 rings (SSSR count). The van der Waals surface area contributed by atoms with E-state index >= 15 is 0 Å². The van der Waals surface area contributed by atoms with E-state index in [4.69, 9.17) is 23.8 Å². The fraction of sp³-hybridized carbons (Fsp3) is 0.385. The van der Waals surface area contributed by atoms with Crippen LogP contribution in [0.4, 0.5) is 5.69 Å². The van der Waals surface area contributed by atoms with E-state index < -0.39 is 0 Å². The number of nitrogens with two attached hydrogens (primary N) is 1. The SMILES string of the molecule is C#CCN(CC)c1ccc(C(C)N)c(Cl)c1. The molecule has 1 aromatic carbocycles. The molecule has 1 atom stereocenters. The normalized spacial score (nSPS) is 11.9. The molecule has 0 saturated carbocycles. The van der Waals surface area contributed by atoms with E-state index in [1.807, 2.05) is 25.1 Å². The van der Waals surface area contributed by atoms with Crippen LogP contribution >= 0.6 is 11.6 Å². The summed E-state index contributed by atoms with van der Waals surface area (Å²) in [5, 5.41) is 0.697. The van der Waals surface area contributed by atoms with Gasteiger partial charge in [-0.1, -0.05) is 23.6 Å². The molecule has 0 saturated heterocycles. The number of benzene rings is 1. The van der Waals surface area contributed by atoms with Crippen molar-refractivity contribution < 1.29 is 0 Å². The van der Waals surface area contributed by atoms with Crippen LogP contribution < -0.4 is 10.6 Å². The summed E-state index contributed by atoms with van der Waals surface area (Å²) in [6.07, 6.45) is 5.31. The van der Waals surface area contributed by atoms with Gasteiger partial charge in [0.2, 0.25) is 0 Å². The lowest BCUT2D eigenvalue weighted by Crippen LogP contribution is -2.22. The molecular weight excluding hydrogens is 220 g/mol. The Balaban J connectivity index is 3.00. The number of terminal acetylenes is 1. The minimum atomic E-state index is -0.0516. The highest BCUT2D eigenvalue weighted by atomic mass is 35.5. The Bertz CT molecular complexity index is 393. The van der Waals surface area contributed by atoms with Crippen molar-refractivity contribution in [2.45, 2.75) is 19.9 Å². The maximum absolute atomic E-state index is 6.17. The quantitative estimate of drug-likeness (QED) is 0.815. The van der Waals surface area contributed by atoms with Gasteiger partial charge >= 0.3 is 0 Å². The average Bonchev–Trinajstić information content (AvgIpc) is 2.25. The molecule has 2 nitrogen and oxygen atoms in total. The lowest BCUT2D eigenvalue weighted by atomic mass is 10.1. The molecule has 0 aliphatic rings. The van der Waals surface area contributed by atoms with Crippen molar-refractivity contribution in [3.63, 3.8) is 0 Å². The number of halogens is 1. The predicted molar refractivity (Wildman–Crippen MR) is 70.8 cm³/mol. The van der Waals surface area contributed by atoms with Crippen molar-refractivity contribution in [1.82, 2.24) is 0 Å². The molecule has 0 aliphatic carbocycles. The fourth-order valence-electron chi connectivity index (χ4n) is 1.58. The van der Waals surface area contributed by atoms with Crippen LogP contribution in [0.5, 0.6) is 0 Å². The summed E-state index contributed by atoms with van der Waals surface area (Å²) in [6, 6.07) is 5.83. The summed E-state index contributed by atoms with van der Waals surface area (Å²) in [6.45, 7) is 5.42. The Morgan fingerprint density at radius 2 is 2.25 bits per heavy atom. The zero-order chi connectivity index (χ0) is 12.1.